The van der Waals surface area contributed by atoms with E-state index >= 15 is 0 Å². The van der Waals surface area contributed by atoms with E-state index in [0.717, 1.165) is 141 Å². The molecule has 0 aliphatic heterocycles. The number of carboxylic acids is 1. The van der Waals surface area contributed by atoms with Crippen LogP contribution in [0.1, 0.15) is 181 Å². The summed E-state index contributed by atoms with van der Waals surface area (Å²) in [5.41, 5.74) is 0. The topological polar surface area (TPSA) is 108 Å². The number of quaternary nitrogens is 1. The molecular weight excluding hydrogens is 1010 g/mol. The number of hydrogen-bond donors (Lipinski definition) is 1. The molecule has 0 aliphatic carbocycles. The van der Waals surface area contributed by atoms with Crippen LogP contribution in [-0.2, 0) is 33.3 Å². The monoisotopic (exact) mass is 1120 g/mol. The molecule has 0 saturated heterocycles. The zero-order chi connectivity index (χ0) is 59.1. The van der Waals surface area contributed by atoms with Gasteiger partial charge in [-0.3, -0.25) is 9.59 Å². The van der Waals surface area contributed by atoms with E-state index in [1.165, 1.54) is 0 Å². The van der Waals surface area contributed by atoms with Gasteiger partial charge in [0.15, 0.2) is 6.10 Å². The van der Waals surface area contributed by atoms with Crippen molar-refractivity contribution in [1.82, 2.24) is 0 Å². The Morgan fingerprint density at radius 3 is 1.04 bits per heavy atom. The Morgan fingerprint density at radius 1 is 0.370 bits per heavy atom. The summed E-state index contributed by atoms with van der Waals surface area (Å²) in [6, 6.07) is 0. The molecule has 0 aromatic carbocycles. The van der Waals surface area contributed by atoms with Crippen molar-refractivity contribution in [3.63, 3.8) is 0 Å². The molecule has 2 unspecified atom stereocenters. The molecule has 0 spiro atoms. The van der Waals surface area contributed by atoms with Crippen LogP contribution in [0.25, 0.3) is 0 Å². The average Bonchev–Trinajstić information content (AvgIpc) is 3.44. The molecule has 0 aromatic rings. The van der Waals surface area contributed by atoms with Crippen molar-refractivity contribution in [2.45, 2.75) is 193 Å². The summed E-state index contributed by atoms with van der Waals surface area (Å²) in [7, 11) is 5.92. The number of allylic oxidation sites excluding steroid dienone is 32. The summed E-state index contributed by atoms with van der Waals surface area (Å²) in [5, 5.41) is 9.70. The van der Waals surface area contributed by atoms with Crippen LogP contribution in [-0.4, -0.2) is 87.4 Å². The minimum absolute atomic E-state index is 0.161. The lowest BCUT2D eigenvalue weighted by molar-refractivity contribution is -0.870. The van der Waals surface area contributed by atoms with E-state index in [-0.39, 0.29) is 32.7 Å². The summed E-state index contributed by atoms with van der Waals surface area (Å²) in [6.45, 7) is 4.50. The summed E-state index contributed by atoms with van der Waals surface area (Å²) < 4.78 is 22.7. The van der Waals surface area contributed by atoms with E-state index in [2.05, 4.69) is 196 Å². The second-order valence-corrected chi connectivity index (χ2v) is 20.5. The van der Waals surface area contributed by atoms with Crippen molar-refractivity contribution in [3.05, 3.63) is 194 Å². The number of carboxylic acid groups (broad SMARTS) is 1. The van der Waals surface area contributed by atoms with Gasteiger partial charge in [0, 0.05) is 12.8 Å². The van der Waals surface area contributed by atoms with Crippen molar-refractivity contribution in [2.75, 3.05) is 47.5 Å². The van der Waals surface area contributed by atoms with Crippen molar-refractivity contribution < 1.29 is 42.9 Å². The third-order valence-electron chi connectivity index (χ3n) is 11.9. The number of unbranched alkanes of at least 4 members (excludes halogenated alkanes) is 6. The van der Waals surface area contributed by atoms with E-state index in [0.29, 0.717) is 23.9 Å². The fraction of sp³-hybridized carbons (Fsp3) is 0.514. The first-order valence-electron chi connectivity index (χ1n) is 30.6. The fourth-order valence-corrected chi connectivity index (χ4v) is 7.24. The molecule has 2 atom stereocenters. The quantitative estimate of drug-likeness (QED) is 0.0211. The molecule has 0 bridgehead atoms. The number of rotatable bonds is 53. The molecule has 0 rings (SSSR count). The maximum atomic E-state index is 12.9. The average molecular weight is 1120 g/mol. The van der Waals surface area contributed by atoms with Gasteiger partial charge < -0.3 is 28.5 Å². The highest BCUT2D eigenvalue weighted by Crippen LogP contribution is 2.12. The van der Waals surface area contributed by atoms with E-state index < -0.39 is 30.3 Å². The van der Waals surface area contributed by atoms with Crippen molar-refractivity contribution in [2.24, 2.45) is 0 Å². The number of ether oxygens (including phenoxy) is 4. The van der Waals surface area contributed by atoms with E-state index in [1.54, 1.807) is 0 Å². The Kier molecular flexibility index (Phi) is 55.9. The molecule has 450 valence electrons. The number of nitrogens with zero attached hydrogens (tertiary/aromatic N) is 1. The molecule has 0 aromatic heterocycles. The Morgan fingerprint density at radius 2 is 0.691 bits per heavy atom. The second-order valence-electron chi connectivity index (χ2n) is 20.5. The normalized spacial score (nSPS) is 14.1. The number of carbonyl (C=O) groups excluding carboxylic acids is 2. The number of esters is 2. The van der Waals surface area contributed by atoms with Gasteiger partial charge in [-0.05, 0) is 128 Å². The zero-order valence-electron chi connectivity index (χ0n) is 51.1. The third-order valence-corrected chi connectivity index (χ3v) is 11.9. The van der Waals surface area contributed by atoms with E-state index in [1.807, 2.05) is 33.3 Å². The van der Waals surface area contributed by atoms with Crippen LogP contribution in [0.5, 0.6) is 0 Å². The van der Waals surface area contributed by atoms with Gasteiger partial charge in [-0.25, -0.2) is 4.79 Å². The summed E-state index contributed by atoms with van der Waals surface area (Å²) >= 11 is 0. The molecule has 0 aliphatic rings. The molecule has 0 radical (unpaired) electrons. The Bertz CT molecular complexity index is 2020. The van der Waals surface area contributed by atoms with Crippen molar-refractivity contribution in [1.29, 1.82) is 0 Å². The molecule has 0 heterocycles. The summed E-state index contributed by atoms with van der Waals surface area (Å²) in [6.07, 6.45) is 91.1. The van der Waals surface area contributed by atoms with Crippen LogP contribution in [0.4, 0.5) is 0 Å². The number of carbonyl (C=O) groups is 3. The minimum atomic E-state index is -1.54. The smallest absolute Gasteiger partial charge is 0.361 e. The molecule has 0 amide bonds. The molecule has 81 heavy (non-hydrogen) atoms. The summed E-state index contributed by atoms with van der Waals surface area (Å²) in [5.74, 6) is -2.17. The summed E-state index contributed by atoms with van der Waals surface area (Å²) in [4.78, 5) is 37.4. The van der Waals surface area contributed by atoms with Gasteiger partial charge in [-0.1, -0.05) is 234 Å². The molecule has 9 nitrogen and oxygen atoms in total. The molecular formula is C72H110NO8+. The maximum absolute atomic E-state index is 12.9. The first kappa shape index (κ1) is 75.1. The molecule has 9 heteroatoms. The van der Waals surface area contributed by atoms with Gasteiger partial charge in [-0.2, -0.15) is 0 Å². The molecule has 0 fully saturated rings. The SMILES string of the molecule is CC/C=C\C/C=C\C/C=C\C/C=C\C/C=C\C/C=C\C/C=C\C/C=C\C/C=C\C/C=C\CCCCCCCCC(=O)OC(COC(=O)CC/C=C\C/C=C\C/C=C\C/C=C\C/C=C\C/C=C\CC)COC(OCC[N+](C)(C)C)C(=O)O. The van der Waals surface area contributed by atoms with Crippen molar-refractivity contribution in [3.8, 4) is 0 Å². The number of hydrogen-bond acceptors (Lipinski definition) is 7. The van der Waals surface area contributed by atoms with Crippen LogP contribution in [0, 0.1) is 0 Å². The first-order chi connectivity index (χ1) is 39.6. The second kappa shape index (κ2) is 60.2. The predicted octanol–water partition coefficient (Wildman–Crippen LogP) is 18.7. The fourth-order valence-electron chi connectivity index (χ4n) is 7.24. The highest BCUT2D eigenvalue weighted by Gasteiger charge is 2.25. The van der Waals surface area contributed by atoms with E-state index in [9.17, 15) is 19.5 Å². The van der Waals surface area contributed by atoms with Gasteiger partial charge in [-0.15, -0.1) is 0 Å². The van der Waals surface area contributed by atoms with Gasteiger partial charge in [0.05, 0.1) is 34.4 Å². The highest BCUT2D eigenvalue weighted by atomic mass is 16.7. The molecule has 0 saturated carbocycles. The lowest BCUT2D eigenvalue weighted by Gasteiger charge is -2.25. The van der Waals surface area contributed by atoms with Crippen LogP contribution in [0.15, 0.2) is 194 Å². The van der Waals surface area contributed by atoms with Crippen LogP contribution in [0.2, 0.25) is 0 Å². The number of likely N-dealkylation sites (N-methyl/N-ethyl adjacent to an activating group) is 1. The highest BCUT2D eigenvalue weighted by molar-refractivity contribution is 5.71. The predicted molar refractivity (Wildman–Crippen MR) is 345 cm³/mol. The standard InChI is InChI=1S/C72H109NO8/c1-6-8-10-12-14-16-18-20-22-24-26-27-28-29-30-31-32-33-34-35-36-37-38-39-40-41-42-43-45-47-49-51-53-55-57-59-61-63-70(75)81-68(67-80-72(71(76)77)78-65-64-73(3,4)5)66-79-69(74)62-60-58-56-54-52-50-48-46-44-25-23-21-19-17-15-13-11-9-7-2/h8-11,14-17,20-23,26-27,29-30,32-33,35-36,38-39,41-42,44-47,50,52,56,58,68,72H,6-7,12-13,18-19,24-25,28,31,34,37,40,43,48-49,51,53-55,57,59-67H2,1-5H3/p+1/b10-8-,11-9-,16-14-,17-15-,22-20-,23-21-,27-26-,30-29-,33-32-,36-35-,39-38-,42-41-,46-44-,47-45-,52-50-,58-56-. The van der Waals surface area contributed by atoms with Gasteiger partial charge in [0.25, 0.3) is 6.29 Å². The lowest BCUT2D eigenvalue weighted by Crippen LogP contribution is -2.40. The van der Waals surface area contributed by atoms with Gasteiger partial charge in [0.2, 0.25) is 0 Å². The van der Waals surface area contributed by atoms with Crippen LogP contribution in [0.3, 0.4) is 0 Å². The lowest BCUT2D eigenvalue weighted by atomic mass is 10.1. The molecule has 1 N–H and O–H groups in total. The van der Waals surface area contributed by atoms with E-state index in [4.69, 9.17) is 18.9 Å². The Labute approximate surface area is 493 Å². The Hall–Kier alpha value is -5.87. The first-order valence-corrected chi connectivity index (χ1v) is 30.6. The van der Waals surface area contributed by atoms with Gasteiger partial charge in [0.1, 0.15) is 13.2 Å². The number of aliphatic carboxylic acids is 1. The van der Waals surface area contributed by atoms with Crippen molar-refractivity contribution >= 4 is 17.9 Å². The maximum Gasteiger partial charge on any atom is 0.361 e. The Balaban J connectivity index is 4.36. The largest absolute Gasteiger partial charge is 0.477 e. The third kappa shape index (κ3) is 61.6. The minimum Gasteiger partial charge on any atom is -0.477 e. The van der Waals surface area contributed by atoms with Crippen LogP contribution >= 0.6 is 0 Å². The van der Waals surface area contributed by atoms with Crippen LogP contribution < -0.4 is 0 Å². The van der Waals surface area contributed by atoms with Gasteiger partial charge >= 0.3 is 17.9 Å². The zero-order valence-corrected chi connectivity index (χ0v) is 51.1.